The molecule has 1 N–H and O–H groups in total. The predicted octanol–water partition coefficient (Wildman–Crippen LogP) is 3.40. The van der Waals surface area contributed by atoms with E-state index in [-0.39, 0.29) is 36.3 Å². The van der Waals surface area contributed by atoms with Crippen LogP contribution in [0.4, 0.5) is 0 Å². The number of aliphatic hydroxyl groups excluding tert-OH is 1. The SMILES string of the molecule is C=CCN(CCC)C(=O)[C@H]1[C@H]2C(=O)N([C@@H](CO)[C@@H](C)CC)C(C(=O)N(CC=C)C(C)C)C23CC[C@]1(CC)O3. The van der Waals surface area contributed by atoms with Crippen LogP contribution in [0.5, 0.6) is 0 Å². The van der Waals surface area contributed by atoms with Crippen LogP contribution in [0, 0.1) is 17.8 Å². The van der Waals surface area contributed by atoms with Gasteiger partial charge in [0, 0.05) is 25.7 Å². The van der Waals surface area contributed by atoms with E-state index < -0.39 is 35.1 Å². The Hall–Kier alpha value is -2.19. The Bertz CT molecular complexity index is 922. The third kappa shape index (κ3) is 4.61. The molecule has 3 aliphatic heterocycles. The van der Waals surface area contributed by atoms with E-state index in [0.29, 0.717) is 38.9 Å². The van der Waals surface area contributed by atoms with E-state index in [1.165, 1.54) is 0 Å². The summed E-state index contributed by atoms with van der Waals surface area (Å²) in [4.78, 5) is 48.2. The van der Waals surface area contributed by atoms with Crippen molar-refractivity contribution in [2.24, 2.45) is 17.8 Å². The first kappa shape index (κ1) is 30.4. The van der Waals surface area contributed by atoms with Crippen LogP contribution in [-0.4, -0.2) is 93.1 Å². The van der Waals surface area contributed by atoms with Crippen molar-refractivity contribution in [2.75, 3.05) is 26.2 Å². The first-order valence-electron chi connectivity index (χ1n) is 14.5. The third-order valence-corrected chi connectivity index (χ3v) is 9.35. The smallest absolute Gasteiger partial charge is 0.248 e. The van der Waals surface area contributed by atoms with Crippen molar-refractivity contribution >= 4 is 17.7 Å². The first-order chi connectivity index (χ1) is 18.0. The number of ether oxygens (including phenoxy) is 1. The summed E-state index contributed by atoms with van der Waals surface area (Å²) in [6, 6.07) is -1.57. The van der Waals surface area contributed by atoms with Crippen LogP contribution in [-0.2, 0) is 19.1 Å². The van der Waals surface area contributed by atoms with E-state index in [0.717, 1.165) is 12.8 Å². The molecule has 0 aromatic heterocycles. The molecule has 2 bridgehead atoms. The Morgan fingerprint density at radius 3 is 2.29 bits per heavy atom. The number of hydrogen-bond donors (Lipinski definition) is 1. The Morgan fingerprint density at radius 2 is 1.79 bits per heavy atom. The number of carbonyl (C=O) groups excluding carboxylic acids is 3. The summed E-state index contributed by atoms with van der Waals surface area (Å²) < 4.78 is 6.92. The minimum Gasteiger partial charge on any atom is -0.394 e. The van der Waals surface area contributed by atoms with Crippen molar-refractivity contribution in [3.8, 4) is 0 Å². The molecule has 3 aliphatic rings. The molecule has 8 heteroatoms. The first-order valence-corrected chi connectivity index (χ1v) is 14.5. The zero-order valence-electron chi connectivity index (χ0n) is 24.3. The number of hydrogen-bond acceptors (Lipinski definition) is 5. The van der Waals surface area contributed by atoms with Crippen LogP contribution in [0.15, 0.2) is 25.3 Å². The molecule has 0 radical (unpaired) electrons. The van der Waals surface area contributed by atoms with Gasteiger partial charge in [0.2, 0.25) is 17.7 Å². The molecular weight excluding hydrogens is 482 g/mol. The summed E-state index contributed by atoms with van der Waals surface area (Å²) in [5, 5.41) is 10.5. The fourth-order valence-electron chi connectivity index (χ4n) is 7.25. The Labute approximate surface area is 229 Å². The Kier molecular flexibility index (Phi) is 9.51. The van der Waals surface area contributed by atoms with Crippen molar-refractivity contribution < 1.29 is 24.2 Å². The highest BCUT2D eigenvalue weighted by molar-refractivity contribution is 5.99. The molecular formula is C30H49N3O5. The van der Waals surface area contributed by atoms with E-state index in [1.54, 1.807) is 26.9 Å². The molecule has 0 aromatic carbocycles. The molecule has 1 spiro atoms. The van der Waals surface area contributed by atoms with Gasteiger partial charge in [-0.3, -0.25) is 14.4 Å². The Balaban J connectivity index is 2.21. The topological polar surface area (TPSA) is 90.4 Å². The highest BCUT2D eigenvalue weighted by atomic mass is 16.5. The van der Waals surface area contributed by atoms with Crippen molar-refractivity contribution in [3.05, 3.63) is 25.3 Å². The summed E-state index contributed by atoms with van der Waals surface area (Å²) in [5.41, 5.74) is -1.90. The second-order valence-electron chi connectivity index (χ2n) is 11.7. The molecule has 3 rings (SSSR count). The van der Waals surface area contributed by atoms with Gasteiger partial charge in [0.25, 0.3) is 0 Å². The maximum atomic E-state index is 14.5. The lowest BCUT2D eigenvalue weighted by Crippen LogP contribution is -2.60. The fourth-order valence-corrected chi connectivity index (χ4v) is 7.25. The number of carbonyl (C=O) groups is 3. The van der Waals surface area contributed by atoms with Crippen molar-refractivity contribution in [1.82, 2.24) is 14.7 Å². The molecule has 8 nitrogen and oxygen atoms in total. The summed E-state index contributed by atoms with van der Waals surface area (Å²) in [6.45, 7) is 20.6. The van der Waals surface area contributed by atoms with E-state index in [4.69, 9.17) is 4.74 Å². The van der Waals surface area contributed by atoms with Gasteiger partial charge in [-0.25, -0.2) is 0 Å². The van der Waals surface area contributed by atoms with Gasteiger partial charge in [-0.15, -0.1) is 13.2 Å². The third-order valence-electron chi connectivity index (χ3n) is 9.35. The number of likely N-dealkylation sites (tertiary alicyclic amines) is 1. The number of aliphatic hydroxyl groups is 1. The van der Waals surface area contributed by atoms with Crippen LogP contribution >= 0.6 is 0 Å². The molecule has 0 saturated carbocycles. The van der Waals surface area contributed by atoms with Crippen LogP contribution in [0.1, 0.15) is 73.6 Å². The molecule has 214 valence electrons. The minimum atomic E-state index is -1.11. The van der Waals surface area contributed by atoms with E-state index >= 15 is 0 Å². The molecule has 38 heavy (non-hydrogen) atoms. The zero-order valence-corrected chi connectivity index (χ0v) is 24.3. The van der Waals surface area contributed by atoms with Crippen LogP contribution in [0.3, 0.4) is 0 Å². The van der Waals surface area contributed by atoms with Gasteiger partial charge in [-0.1, -0.05) is 46.3 Å². The molecule has 3 amide bonds. The monoisotopic (exact) mass is 531 g/mol. The number of nitrogens with zero attached hydrogens (tertiary/aromatic N) is 3. The number of amides is 3. The quantitative estimate of drug-likeness (QED) is 0.347. The fraction of sp³-hybridized carbons (Fsp3) is 0.767. The summed E-state index contributed by atoms with van der Waals surface area (Å²) in [5.74, 6) is -2.02. The highest BCUT2D eigenvalue weighted by Gasteiger charge is 2.79. The zero-order chi connectivity index (χ0) is 28.4. The lowest BCUT2D eigenvalue weighted by Gasteiger charge is -2.42. The van der Waals surface area contributed by atoms with Crippen molar-refractivity contribution in [1.29, 1.82) is 0 Å². The summed E-state index contributed by atoms with van der Waals surface area (Å²) in [6.07, 6.45) is 6.66. The minimum absolute atomic E-state index is 0.0368. The maximum absolute atomic E-state index is 14.5. The molecule has 3 heterocycles. The van der Waals surface area contributed by atoms with Crippen LogP contribution < -0.4 is 0 Å². The standard InChI is InChI=1S/C30H49N3O5/c1-9-16-31(17-10-2)26(35)23-24-27(36)33(22(19-34)21(8)12-4)25(28(37)32(18-11-3)20(6)7)30(24)15-14-29(23,13-5)38-30/h9,11,20-25,34H,1,3,10,12-19H2,2,4-8H3/t21-,22-,23+,24-,25?,29-,30?/m0/s1. The van der Waals surface area contributed by atoms with Crippen molar-refractivity contribution in [3.63, 3.8) is 0 Å². The largest absolute Gasteiger partial charge is 0.394 e. The average Bonchev–Trinajstić information content (AvgIpc) is 3.50. The molecule has 7 atom stereocenters. The molecule has 0 aliphatic carbocycles. The molecule has 2 unspecified atom stereocenters. The molecule has 3 fully saturated rings. The van der Waals surface area contributed by atoms with Crippen LogP contribution in [0.2, 0.25) is 0 Å². The van der Waals surface area contributed by atoms with E-state index in [1.807, 2.05) is 41.5 Å². The second kappa shape index (κ2) is 11.9. The normalized spacial score (nSPS) is 31.3. The van der Waals surface area contributed by atoms with E-state index in [2.05, 4.69) is 13.2 Å². The van der Waals surface area contributed by atoms with Gasteiger partial charge >= 0.3 is 0 Å². The van der Waals surface area contributed by atoms with Gasteiger partial charge in [0.05, 0.1) is 30.1 Å². The maximum Gasteiger partial charge on any atom is 0.248 e. The van der Waals surface area contributed by atoms with E-state index in [9.17, 15) is 19.5 Å². The predicted molar refractivity (Wildman–Crippen MR) is 148 cm³/mol. The summed E-state index contributed by atoms with van der Waals surface area (Å²) in [7, 11) is 0. The molecule has 3 saturated heterocycles. The molecule has 0 aromatic rings. The van der Waals surface area contributed by atoms with Crippen molar-refractivity contribution in [2.45, 2.75) is 103 Å². The lowest BCUT2D eigenvalue weighted by molar-refractivity contribution is -0.159. The van der Waals surface area contributed by atoms with Gasteiger partial charge in [0.15, 0.2) is 0 Å². The van der Waals surface area contributed by atoms with Gasteiger partial charge < -0.3 is 24.5 Å². The van der Waals surface area contributed by atoms with Gasteiger partial charge in [0.1, 0.15) is 11.6 Å². The highest BCUT2D eigenvalue weighted by Crippen LogP contribution is 2.65. The average molecular weight is 532 g/mol. The van der Waals surface area contributed by atoms with Gasteiger partial charge in [-0.2, -0.15) is 0 Å². The van der Waals surface area contributed by atoms with Gasteiger partial charge in [-0.05, 0) is 45.4 Å². The summed E-state index contributed by atoms with van der Waals surface area (Å²) >= 11 is 0. The second-order valence-corrected chi connectivity index (χ2v) is 11.7. The number of rotatable bonds is 14. The number of fused-ring (bicyclic) bond motifs is 1. The lowest BCUT2D eigenvalue weighted by atomic mass is 9.64. The van der Waals surface area contributed by atoms with Crippen LogP contribution in [0.25, 0.3) is 0 Å². The Morgan fingerprint density at radius 1 is 1.13 bits per heavy atom.